The van der Waals surface area contributed by atoms with Crippen LogP contribution in [0.5, 0.6) is 0 Å². The number of benzene rings is 1. The highest BCUT2D eigenvalue weighted by Gasteiger charge is 2.43. The molecule has 25 heavy (non-hydrogen) atoms. The molecule has 4 atom stereocenters. The lowest BCUT2D eigenvalue weighted by atomic mass is 9.98. The number of H-pyrrole nitrogens is 1. The molecule has 2 aromatic rings. The van der Waals surface area contributed by atoms with Crippen LogP contribution in [0, 0.1) is 11.8 Å². The lowest BCUT2D eigenvalue weighted by molar-refractivity contribution is -0.136. The minimum Gasteiger partial charge on any atom is -0.348 e. The van der Waals surface area contributed by atoms with Crippen LogP contribution in [0.4, 0.5) is 0 Å². The first-order valence-corrected chi connectivity index (χ1v) is 9.07. The van der Waals surface area contributed by atoms with Crippen molar-refractivity contribution in [1.82, 2.24) is 20.4 Å². The molecule has 1 saturated carbocycles. The third kappa shape index (κ3) is 3.13. The van der Waals surface area contributed by atoms with Crippen molar-refractivity contribution >= 4 is 22.7 Å². The van der Waals surface area contributed by atoms with Crippen molar-refractivity contribution in [3.8, 4) is 0 Å². The Morgan fingerprint density at radius 2 is 2.08 bits per heavy atom. The summed E-state index contributed by atoms with van der Waals surface area (Å²) in [5, 5.41) is 10.9. The summed E-state index contributed by atoms with van der Waals surface area (Å²) in [7, 11) is 0. The molecule has 0 spiro atoms. The number of fused-ring (bicyclic) bond motifs is 1. The molecular formula is C19H24N4O2. The number of nitrogens with one attached hydrogen (secondary N) is 2. The number of rotatable bonds is 3. The molecule has 2 N–H and O–H groups in total. The second-order valence-corrected chi connectivity index (χ2v) is 7.58. The van der Waals surface area contributed by atoms with E-state index >= 15 is 0 Å². The average molecular weight is 340 g/mol. The van der Waals surface area contributed by atoms with Gasteiger partial charge in [-0.25, -0.2) is 0 Å². The van der Waals surface area contributed by atoms with E-state index in [9.17, 15) is 9.59 Å². The predicted molar refractivity (Wildman–Crippen MR) is 95.0 cm³/mol. The zero-order valence-electron chi connectivity index (χ0n) is 14.7. The summed E-state index contributed by atoms with van der Waals surface area (Å²) in [6.45, 7) is 4.85. The summed E-state index contributed by atoms with van der Waals surface area (Å²) in [5.74, 6) is 0.880. The quantitative estimate of drug-likeness (QED) is 0.900. The Morgan fingerprint density at radius 1 is 1.28 bits per heavy atom. The normalized spacial score (nSPS) is 28.8. The third-order valence-electron chi connectivity index (χ3n) is 5.63. The van der Waals surface area contributed by atoms with E-state index in [1.165, 1.54) is 0 Å². The Hall–Kier alpha value is -2.37. The van der Waals surface area contributed by atoms with E-state index in [1.54, 1.807) is 12.3 Å². The van der Waals surface area contributed by atoms with Gasteiger partial charge in [0.15, 0.2) is 0 Å². The molecular weight excluding hydrogens is 316 g/mol. The highest BCUT2D eigenvalue weighted by atomic mass is 16.2. The lowest BCUT2D eigenvalue weighted by Gasteiger charge is -2.38. The molecule has 1 saturated heterocycles. The molecule has 1 aromatic carbocycles. The second kappa shape index (κ2) is 6.17. The average Bonchev–Trinajstić information content (AvgIpc) is 3.15. The topological polar surface area (TPSA) is 78.1 Å². The number of aromatic amines is 1. The smallest absolute Gasteiger partial charge is 0.251 e. The summed E-state index contributed by atoms with van der Waals surface area (Å²) in [4.78, 5) is 27.2. The van der Waals surface area contributed by atoms with E-state index in [0.29, 0.717) is 18.0 Å². The maximum atomic E-state index is 12.6. The SMILES string of the molecule is CC1CC1C(=O)N1CC(NC(=O)c2ccc3[nH]ncc3c2)CCC1C. The summed E-state index contributed by atoms with van der Waals surface area (Å²) in [6, 6.07) is 5.78. The van der Waals surface area contributed by atoms with Gasteiger partial charge >= 0.3 is 0 Å². The fourth-order valence-electron chi connectivity index (χ4n) is 3.76. The number of piperidine rings is 1. The highest BCUT2D eigenvalue weighted by molar-refractivity contribution is 5.98. The minimum atomic E-state index is -0.0881. The van der Waals surface area contributed by atoms with Crippen molar-refractivity contribution in [3.05, 3.63) is 30.0 Å². The molecule has 1 aliphatic carbocycles. The van der Waals surface area contributed by atoms with Crippen molar-refractivity contribution in [3.63, 3.8) is 0 Å². The van der Waals surface area contributed by atoms with Crippen LogP contribution in [0.3, 0.4) is 0 Å². The van der Waals surface area contributed by atoms with Crippen molar-refractivity contribution in [1.29, 1.82) is 0 Å². The van der Waals surface area contributed by atoms with E-state index in [1.807, 2.05) is 17.0 Å². The van der Waals surface area contributed by atoms with Gasteiger partial charge in [0.05, 0.1) is 11.7 Å². The van der Waals surface area contributed by atoms with E-state index in [-0.39, 0.29) is 29.8 Å². The maximum Gasteiger partial charge on any atom is 0.251 e. The standard InChI is InChI=1S/C19H24N4O2/c1-11-7-16(11)19(25)23-10-15(5-3-12(23)2)21-18(24)13-4-6-17-14(8-13)9-20-22-17/h4,6,8-9,11-12,15-16H,3,5,7,10H2,1-2H3,(H,20,22)(H,21,24). The molecule has 1 aliphatic heterocycles. The van der Waals surface area contributed by atoms with Crippen LogP contribution in [-0.2, 0) is 4.79 Å². The van der Waals surface area contributed by atoms with Crippen molar-refractivity contribution < 1.29 is 9.59 Å². The van der Waals surface area contributed by atoms with Crippen LogP contribution in [0.1, 0.15) is 43.5 Å². The van der Waals surface area contributed by atoms with E-state index in [4.69, 9.17) is 0 Å². The van der Waals surface area contributed by atoms with Gasteiger partial charge in [0.25, 0.3) is 5.91 Å². The molecule has 0 bridgehead atoms. The van der Waals surface area contributed by atoms with Gasteiger partial charge < -0.3 is 10.2 Å². The number of carbonyl (C=O) groups excluding carboxylic acids is 2. The molecule has 132 valence electrons. The molecule has 6 heteroatoms. The van der Waals surface area contributed by atoms with Crippen molar-refractivity contribution in [2.75, 3.05) is 6.54 Å². The molecule has 2 amide bonds. The van der Waals surface area contributed by atoms with Crippen LogP contribution >= 0.6 is 0 Å². The van der Waals surface area contributed by atoms with E-state index in [2.05, 4.69) is 29.4 Å². The largest absolute Gasteiger partial charge is 0.348 e. The molecule has 6 nitrogen and oxygen atoms in total. The molecule has 2 aliphatic rings. The number of hydrogen-bond donors (Lipinski definition) is 2. The lowest BCUT2D eigenvalue weighted by Crippen LogP contribution is -2.53. The molecule has 2 heterocycles. The number of likely N-dealkylation sites (tertiary alicyclic amines) is 1. The van der Waals surface area contributed by atoms with Crippen LogP contribution in [0.15, 0.2) is 24.4 Å². The first-order valence-electron chi connectivity index (χ1n) is 9.07. The Balaban J connectivity index is 1.42. The van der Waals surface area contributed by atoms with Crippen molar-refractivity contribution in [2.24, 2.45) is 11.8 Å². The summed E-state index contributed by atoms with van der Waals surface area (Å²) in [6.07, 6.45) is 4.55. The number of hydrogen-bond acceptors (Lipinski definition) is 3. The van der Waals surface area contributed by atoms with Crippen LogP contribution in [-0.4, -0.2) is 45.5 Å². The molecule has 1 aromatic heterocycles. The molecule has 4 rings (SSSR count). The van der Waals surface area contributed by atoms with Gasteiger partial charge in [0, 0.05) is 35.5 Å². The molecule has 0 radical (unpaired) electrons. The first-order chi connectivity index (χ1) is 12.0. The van der Waals surface area contributed by atoms with Gasteiger partial charge in [0.1, 0.15) is 0 Å². The van der Waals surface area contributed by atoms with Gasteiger partial charge in [-0.2, -0.15) is 5.10 Å². The zero-order valence-corrected chi connectivity index (χ0v) is 14.7. The summed E-state index contributed by atoms with van der Waals surface area (Å²) >= 11 is 0. The van der Waals surface area contributed by atoms with E-state index in [0.717, 1.165) is 30.2 Å². The Kier molecular flexibility index (Phi) is 3.98. The fourth-order valence-corrected chi connectivity index (χ4v) is 3.76. The van der Waals surface area contributed by atoms with E-state index < -0.39 is 0 Å². The Morgan fingerprint density at radius 3 is 2.84 bits per heavy atom. The number of nitrogens with zero attached hydrogens (tertiary/aromatic N) is 2. The fraction of sp³-hybridized carbons (Fsp3) is 0.526. The zero-order chi connectivity index (χ0) is 17.6. The van der Waals surface area contributed by atoms with Crippen molar-refractivity contribution in [2.45, 2.75) is 45.2 Å². The van der Waals surface area contributed by atoms with Gasteiger partial charge in [-0.15, -0.1) is 0 Å². The number of aromatic nitrogens is 2. The summed E-state index contributed by atoms with van der Waals surface area (Å²) < 4.78 is 0. The minimum absolute atomic E-state index is 0.0155. The first kappa shape index (κ1) is 16.1. The van der Waals surface area contributed by atoms with Gasteiger partial charge in [0.2, 0.25) is 5.91 Å². The number of amides is 2. The van der Waals surface area contributed by atoms with Gasteiger partial charge in [-0.3, -0.25) is 14.7 Å². The summed E-state index contributed by atoms with van der Waals surface area (Å²) in [5.41, 5.74) is 1.54. The third-order valence-corrected chi connectivity index (χ3v) is 5.63. The van der Waals surface area contributed by atoms with Crippen LogP contribution < -0.4 is 5.32 Å². The Bertz CT molecular complexity index is 815. The van der Waals surface area contributed by atoms with Crippen LogP contribution in [0.25, 0.3) is 10.9 Å². The molecule has 4 unspecified atom stereocenters. The number of carbonyl (C=O) groups is 2. The molecule has 2 fully saturated rings. The highest BCUT2D eigenvalue weighted by Crippen LogP contribution is 2.40. The maximum absolute atomic E-state index is 12.6. The van der Waals surface area contributed by atoms with Crippen LogP contribution in [0.2, 0.25) is 0 Å². The van der Waals surface area contributed by atoms with Gasteiger partial charge in [-0.05, 0) is 50.3 Å². The Labute approximate surface area is 147 Å². The van der Waals surface area contributed by atoms with Gasteiger partial charge in [-0.1, -0.05) is 6.92 Å². The second-order valence-electron chi connectivity index (χ2n) is 7.58. The predicted octanol–water partition coefficient (Wildman–Crippen LogP) is 2.33. The monoisotopic (exact) mass is 340 g/mol.